The summed E-state index contributed by atoms with van der Waals surface area (Å²) in [7, 11) is 5.65. The van der Waals surface area contributed by atoms with Crippen molar-refractivity contribution in [1.82, 2.24) is 0 Å². The molecule has 0 aliphatic carbocycles. The SMILES string of the molecule is Cl[AsH]c1ccccc1. The van der Waals surface area contributed by atoms with E-state index < -0.39 is 0 Å². The Morgan fingerprint density at radius 1 is 1.12 bits per heavy atom. The molecule has 0 nitrogen and oxygen atoms in total. The third kappa shape index (κ3) is 1.54. The van der Waals surface area contributed by atoms with E-state index in [9.17, 15) is 0 Å². The Hall–Kier alpha value is 0.0684. The molecule has 0 radical (unpaired) electrons. The molecule has 42 valence electrons. The molecule has 0 heterocycles. The Bertz CT molecular complexity index is 150. The summed E-state index contributed by atoms with van der Waals surface area (Å²) in [6.45, 7) is 0. The van der Waals surface area contributed by atoms with Gasteiger partial charge in [-0.2, -0.15) is 0 Å². The maximum absolute atomic E-state index is 5.65. The van der Waals surface area contributed by atoms with Crippen molar-refractivity contribution in [2.75, 3.05) is 0 Å². The molecule has 0 amide bonds. The zero-order valence-electron chi connectivity index (χ0n) is 4.26. The summed E-state index contributed by atoms with van der Waals surface area (Å²) in [5.74, 6) is 0. The second-order valence-corrected chi connectivity index (χ2v) is 4.05. The predicted octanol–water partition coefficient (Wildman–Crippen LogP) is 0.902. The fourth-order valence-corrected chi connectivity index (χ4v) is 1.82. The normalized spacial score (nSPS) is 10.6. The van der Waals surface area contributed by atoms with Crippen LogP contribution in [0.5, 0.6) is 0 Å². The summed E-state index contributed by atoms with van der Waals surface area (Å²) in [5.41, 5.74) is 0. The molecule has 0 aromatic heterocycles. The first kappa shape index (κ1) is 6.19. The van der Waals surface area contributed by atoms with Crippen LogP contribution in [0.2, 0.25) is 0 Å². The minimum absolute atomic E-state index is 0.332. The van der Waals surface area contributed by atoms with E-state index in [1.165, 1.54) is 4.35 Å². The Morgan fingerprint density at radius 3 is 2.12 bits per heavy atom. The van der Waals surface area contributed by atoms with Gasteiger partial charge in [-0.15, -0.1) is 0 Å². The molecular weight excluding hydrogens is 182 g/mol. The van der Waals surface area contributed by atoms with Gasteiger partial charge in [-0.3, -0.25) is 0 Å². The number of rotatable bonds is 1. The molecule has 2 heteroatoms. The Kier molecular flexibility index (Phi) is 2.45. The number of hydrogen-bond donors (Lipinski definition) is 0. The molecule has 1 unspecified atom stereocenters. The summed E-state index contributed by atoms with van der Waals surface area (Å²) in [6.07, 6.45) is 0. The average molecular weight is 188 g/mol. The van der Waals surface area contributed by atoms with Gasteiger partial charge in [-0.05, 0) is 0 Å². The molecule has 0 saturated heterocycles. The van der Waals surface area contributed by atoms with Gasteiger partial charge >= 0.3 is 59.4 Å². The number of benzene rings is 1. The van der Waals surface area contributed by atoms with Crippen LogP contribution in [-0.4, -0.2) is 14.8 Å². The molecule has 0 aliphatic rings. The molecule has 1 rings (SSSR count). The van der Waals surface area contributed by atoms with Crippen LogP contribution in [0.3, 0.4) is 0 Å². The third-order valence-corrected chi connectivity index (χ3v) is 3.17. The Balaban J connectivity index is 2.83. The van der Waals surface area contributed by atoms with E-state index in [1.807, 2.05) is 18.2 Å². The second kappa shape index (κ2) is 3.17. The number of halogens is 1. The van der Waals surface area contributed by atoms with Crippen molar-refractivity contribution in [3.05, 3.63) is 30.3 Å². The van der Waals surface area contributed by atoms with Crippen LogP contribution < -0.4 is 4.35 Å². The fourth-order valence-electron chi connectivity index (χ4n) is 0.501. The van der Waals surface area contributed by atoms with E-state index in [0.717, 1.165) is 0 Å². The van der Waals surface area contributed by atoms with Crippen molar-refractivity contribution in [1.29, 1.82) is 0 Å². The maximum atomic E-state index is 5.65. The van der Waals surface area contributed by atoms with Crippen LogP contribution in [0, 0.1) is 0 Å². The van der Waals surface area contributed by atoms with Crippen LogP contribution in [0.15, 0.2) is 30.3 Å². The van der Waals surface area contributed by atoms with E-state index >= 15 is 0 Å². The molecule has 0 saturated carbocycles. The standard InChI is InChI=1S/C6H6AsCl/c8-7-6-4-2-1-3-5-6/h1-5,7H. The van der Waals surface area contributed by atoms with Gasteiger partial charge in [0, 0.05) is 0 Å². The van der Waals surface area contributed by atoms with Crippen molar-refractivity contribution < 1.29 is 0 Å². The first-order valence-corrected chi connectivity index (χ1v) is 6.16. The summed E-state index contributed by atoms with van der Waals surface area (Å²) >= 11 is -0.332. The molecule has 1 atom stereocenters. The van der Waals surface area contributed by atoms with Gasteiger partial charge in [0.25, 0.3) is 0 Å². The summed E-state index contributed by atoms with van der Waals surface area (Å²) in [5, 5.41) is 0. The quantitative estimate of drug-likeness (QED) is 0.575. The topological polar surface area (TPSA) is 0 Å². The van der Waals surface area contributed by atoms with Crippen molar-refractivity contribution in [2.24, 2.45) is 0 Å². The van der Waals surface area contributed by atoms with Crippen LogP contribution in [0.1, 0.15) is 0 Å². The van der Waals surface area contributed by atoms with Gasteiger partial charge in [-0.1, -0.05) is 0 Å². The fraction of sp³-hybridized carbons (Fsp3) is 0. The average Bonchev–Trinajstić information content (AvgIpc) is 1.90. The molecule has 0 aliphatic heterocycles. The van der Waals surface area contributed by atoms with Gasteiger partial charge in [-0.25, -0.2) is 0 Å². The molecule has 0 fully saturated rings. The molecular formula is C6H6AsCl. The molecule has 0 bridgehead atoms. The Labute approximate surface area is 59.7 Å². The molecule has 1 aromatic carbocycles. The molecule has 0 spiro atoms. The number of hydrogen-bond acceptors (Lipinski definition) is 0. The van der Waals surface area contributed by atoms with Crippen molar-refractivity contribution in [3.8, 4) is 0 Å². The van der Waals surface area contributed by atoms with Crippen molar-refractivity contribution in [3.63, 3.8) is 0 Å². The zero-order chi connectivity index (χ0) is 5.82. The second-order valence-electron chi connectivity index (χ2n) is 1.46. The predicted molar refractivity (Wildman–Crippen MR) is 39.1 cm³/mol. The van der Waals surface area contributed by atoms with E-state index in [0.29, 0.717) is 0 Å². The van der Waals surface area contributed by atoms with Crippen molar-refractivity contribution in [2.45, 2.75) is 0 Å². The molecule has 0 N–H and O–H groups in total. The van der Waals surface area contributed by atoms with E-state index in [2.05, 4.69) is 12.1 Å². The van der Waals surface area contributed by atoms with Gasteiger partial charge in [0.2, 0.25) is 0 Å². The van der Waals surface area contributed by atoms with Crippen molar-refractivity contribution >= 4 is 29.1 Å². The summed E-state index contributed by atoms with van der Waals surface area (Å²) in [6, 6.07) is 10.2. The first-order chi connectivity index (χ1) is 3.93. The van der Waals surface area contributed by atoms with E-state index in [1.54, 1.807) is 0 Å². The van der Waals surface area contributed by atoms with Crippen LogP contribution in [-0.2, 0) is 0 Å². The van der Waals surface area contributed by atoms with Gasteiger partial charge in [0.1, 0.15) is 0 Å². The first-order valence-electron chi connectivity index (χ1n) is 2.35. The molecule has 8 heavy (non-hydrogen) atoms. The van der Waals surface area contributed by atoms with E-state index in [4.69, 9.17) is 9.95 Å². The summed E-state index contributed by atoms with van der Waals surface area (Å²) < 4.78 is 1.30. The third-order valence-electron chi connectivity index (χ3n) is 0.883. The van der Waals surface area contributed by atoms with Crippen LogP contribution in [0.25, 0.3) is 0 Å². The zero-order valence-corrected chi connectivity index (χ0v) is 7.12. The molecule has 1 aromatic rings. The van der Waals surface area contributed by atoms with E-state index in [-0.39, 0.29) is 14.8 Å². The van der Waals surface area contributed by atoms with Gasteiger partial charge < -0.3 is 0 Å². The summed E-state index contributed by atoms with van der Waals surface area (Å²) in [4.78, 5) is 0. The van der Waals surface area contributed by atoms with Crippen LogP contribution >= 0.6 is 9.95 Å². The monoisotopic (exact) mass is 188 g/mol. The Morgan fingerprint density at radius 2 is 1.75 bits per heavy atom. The van der Waals surface area contributed by atoms with Crippen LogP contribution in [0.4, 0.5) is 0 Å². The van der Waals surface area contributed by atoms with Gasteiger partial charge in [0.15, 0.2) is 0 Å². The minimum atomic E-state index is -0.332. The van der Waals surface area contributed by atoms with Gasteiger partial charge in [0.05, 0.1) is 0 Å².